The molecule has 0 spiro atoms. The normalized spacial score (nSPS) is 19.8. The highest BCUT2D eigenvalue weighted by atomic mass is 16.5. The Morgan fingerprint density at radius 1 is 1.45 bits per heavy atom. The summed E-state index contributed by atoms with van der Waals surface area (Å²) in [6, 6.07) is 0.422. The summed E-state index contributed by atoms with van der Waals surface area (Å²) in [5, 5.41) is 8.29. The van der Waals surface area contributed by atoms with Gasteiger partial charge in [-0.2, -0.15) is 10.1 Å². The van der Waals surface area contributed by atoms with Gasteiger partial charge in [-0.3, -0.25) is 9.58 Å². The molecule has 0 saturated carbocycles. The lowest BCUT2D eigenvalue weighted by molar-refractivity contribution is 0.212. The first kappa shape index (κ1) is 13.3. The number of aromatic nitrogens is 4. The Labute approximate surface area is 118 Å². The maximum atomic E-state index is 5.34. The minimum absolute atomic E-state index is 0.422. The standard InChI is InChI=1S/C14H21N5O/c1-3-5-13-16-14(20-17-13)10-19-7-4-6-12(19)11-8-15-18(2)9-11/h8-9,12H,3-7,10H2,1-2H3/t12-/m1/s1. The second kappa shape index (κ2) is 5.75. The first-order chi connectivity index (χ1) is 9.76. The average molecular weight is 275 g/mol. The fourth-order valence-corrected chi connectivity index (χ4v) is 2.86. The third-order valence-electron chi connectivity index (χ3n) is 3.80. The minimum atomic E-state index is 0.422. The van der Waals surface area contributed by atoms with Crippen LogP contribution in [0.2, 0.25) is 0 Å². The van der Waals surface area contributed by atoms with Crippen LogP contribution < -0.4 is 0 Å². The fraction of sp³-hybridized carbons (Fsp3) is 0.643. The second-order valence-electron chi connectivity index (χ2n) is 5.43. The Balaban J connectivity index is 1.69. The van der Waals surface area contributed by atoms with E-state index in [2.05, 4.69) is 33.3 Å². The predicted molar refractivity (Wildman–Crippen MR) is 73.9 cm³/mol. The highest BCUT2D eigenvalue weighted by molar-refractivity contribution is 5.12. The Kier molecular flexibility index (Phi) is 3.82. The van der Waals surface area contributed by atoms with Gasteiger partial charge >= 0.3 is 0 Å². The lowest BCUT2D eigenvalue weighted by Gasteiger charge is -2.21. The van der Waals surface area contributed by atoms with Crippen LogP contribution >= 0.6 is 0 Å². The molecule has 1 aliphatic rings. The molecule has 0 amide bonds. The van der Waals surface area contributed by atoms with Gasteiger partial charge in [0.05, 0.1) is 12.7 Å². The first-order valence-corrected chi connectivity index (χ1v) is 7.30. The van der Waals surface area contributed by atoms with Crippen LogP contribution in [-0.4, -0.2) is 31.4 Å². The van der Waals surface area contributed by atoms with E-state index in [4.69, 9.17) is 4.52 Å². The maximum Gasteiger partial charge on any atom is 0.240 e. The molecule has 1 saturated heterocycles. The van der Waals surface area contributed by atoms with E-state index in [1.807, 2.05) is 17.9 Å². The summed E-state index contributed by atoms with van der Waals surface area (Å²) < 4.78 is 7.20. The van der Waals surface area contributed by atoms with E-state index in [1.54, 1.807) is 0 Å². The molecule has 1 atom stereocenters. The topological polar surface area (TPSA) is 60.0 Å². The summed E-state index contributed by atoms with van der Waals surface area (Å²) in [6.45, 7) is 3.93. The molecular formula is C14H21N5O. The number of hydrogen-bond acceptors (Lipinski definition) is 5. The second-order valence-corrected chi connectivity index (χ2v) is 5.43. The van der Waals surface area contributed by atoms with Gasteiger partial charge in [-0.1, -0.05) is 12.1 Å². The highest BCUT2D eigenvalue weighted by Gasteiger charge is 2.28. The monoisotopic (exact) mass is 275 g/mol. The molecule has 6 nitrogen and oxygen atoms in total. The van der Waals surface area contributed by atoms with E-state index in [9.17, 15) is 0 Å². The fourth-order valence-electron chi connectivity index (χ4n) is 2.86. The largest absolute Gasteiger partial charge is 0.338 e. The Morgan fingerprint density at radius 3 is 3.10 bits per heavy atom. The van der Waals surface area contributed by atoms with Crippen molar-refractivity contribution in [3.63, 3.8) is 0 Å². The van der Waals surface area contributed by atoms with Crippen LogP contribution in [0.5, 0.6) is 0 Å². The van der Waals surface area contributed by atoms with Gasteiger partial charge < -0.3 is 4.52 Å². The zero-order valence-corrected chi connectivity index (χ0v) is 12.1. The SMILES string of the molecule is CCCc1noc(CN2CCC[C@@H]2c2cnn(C)c2)n1. The van der Waals surface area contributed by atoms with Gasteiger partial charge in [0.2, 0.25) is 5.89 Å². The van der Waals surface area contributed by atoms with Crippen molar-refractivity contribution in [2.75, 3.05) is 6.54 Å². The number of likely N-dealkylation sites (tertiary alicyclic amines) is 1. The molecule has 0 N–H and O–H groups in total. The zero-order chi connectivity index (χ0) is 13.9. The van der Waals surface area contributed by atoms with Crippen molar-refractivity contribution < 1.29 is 4.52 Å². The molecule has 108 valence electrons. The van der Waals surface area contributed by atoms with Crippen LogP contribution in [0.1, 0.15) is 49.5 Å². The number of hydrogen-bond donors (Lipinski definition) is 0. The third-order valence-corrected chi connectivity index (χ3v) is 3.80. The Morgan fingerprint density at radius 2 is 2.35 bits per heavy atom. The van der Waals surface area contributed by atoms with Crippen molar-refractivity contribution in [1.82, 2.24) is 24.8 Å². The molecule has 1 aliphatic heterocycles. The molecule has 0 aromatic carbocycles. The average Bonchev–Trinajstić information content (AvgIpc) is 3.12. The molecular weight excluding hydrogens is 254 g/mol. The third kappa shape index (κ3) is 2.75. The molecule has 0 aliphatic carbocycles. The molecule has 0 bridgehead atoms. The van der Waals surface area contributed by atoms with Crippen LogP contribution in [0.15, 0.2) is 16.9 Å². The van der Waals surface area contributed by atoms with E-state index in [1.165, 1.54) is 18.4 Å². The number of nitrogens with zero attached hydrogens (tertiary/aromatic N) is 5. The molecule has 20 heavy (non-hydrogen) atoms. The smallest absolute Gasteiger partial charge is 0.240 e. The van der Waals surface area contributed by atoms with Crippen LogP contribution in [0.25, 0.3) is 0 Å². The minimum Gasteiger partial charge on any atom is -0.338 e. The summed E-state index contributed by atoms with van der Waals surface area (Å²) >= 11 is 0. The van der Waals surface area contributed by atoms with E-state index in [0.29, 0.717) is 6.04 Å². The van der Waals surface area contributed by atoms with Gasteiger partial charge in [-0.05, 0) is 25.8 Å². The zero-order valence-electron chi connectivity index (χ0n) is 12.1. The molecule has 1 fully saturated rings. The molecule has 3 rings (SSSR count). The molecule has 3 heterocycles. The molecule has 2 aromatic rings. The molecule has 6 heteroatoms. The van der Waals surface area contributed by atoms with Crippen LogP contribution in [0.4, 0.5) is 0 Å². The van der Waals surface area contributed by atoms with E-state index in [0.717, 1.165) is 37.6 Å². The van der Waals surface area contributed by atoms with Gasteiger partial charge in [-0.15, -0.1) is 0 Å². The van der Waals surface area contributed by atoms with E-state index >= 15 is 0 Å². The van der Waals surface area contributed by atoms with E-state index < -0.39 is 0 Å². The first-order valence-electron chi connectivity index (χ1n) is 7.30. The van der Waals surface area contributed by atoms with Gasteiger partial charge in [0, 0.05) is 31.3 Å². The van der Waals surface area contributed by atoms with Crippen LogP contribution in [0.3, 0.4) is 0 Å². The van der Waals surface area contributed by atoms with Crippen molar-refractivity contribution in [3.8, 4) is 0 Å². The summed E-state index contributed by atoms with van der Waals surface area (Å²) in [7, 11) is 1.96. The molecule has 2 aromatic heterocycles. The quantitative estimate of drug-likeness (QED) is 0.836. The van der Waals surface area contributed by atoms with Gasteiger partial charge in [0.15, 0.2) is 5.82 Å². The summed E-state index contributed by atoms with van der Waals surface area (Å²) in [5.74, 6) is 1.55. The van der Waals surface area contributed by atoms with Gasteiger partial charge in [0.25, 0.3) is 0 Å². The number of rotatable bonds is 5. The predicted octanol–water partition coefficient (Wildman–Crippen LogP) is 2.09. The van der Waals surface area contributed by atoms with Crippen molar-refractivity contribution in [3.05, 3.63) is 29.7 Å². The Hall–Kier alpha value is -1.69. The Bertz CT molecular complexity index is 561. The van der Waals surface area contributed by atoms with Gasteiger partial charge in [0.1, 0.15) is 0 Å². The lowest BCUT2D eigenvalue weighted by atomic mass is 10.1. The van der Waals surface area contributed by atoms with Crippen LogP contribution in [0, 0.1) is 0 Å². The van der Waals surface area contributed by atoms with Crippen LogP contribution in [-0.2, 0) is 20.0 Å². The highest BCUT2D eigenvalue weighted by Crippen LogP contribution is 2.32. The summed E-state index contributed by atoms with van der Waals surface area (Å²) in [6.07, 6.45) is 8.35. The van der Waals surface area contributed by atoms with Crippen molar-refractivity contribution >= 4 is 0 Å². The maximum absolute atomic E-state index is 5.34. The van der Waals surface area contributed by atoms with Gasteiger partial charge in [-0.25, -0.2) is 0 Å². The lowest BCUT2D eigenvalue weighted by Crippen LogP contribution is -2.22. The molecule has 0 radical (unpaired) electrons. The molecule has 0 unspecified atom stereocenters. The van der Waals surface area contributed by atoms with Crippen molar-refractivity contribution in [2.45, 2.75) is 45.2 Å². The summed E-state index contributed by atoms with van der Waals surface area (Å²) in [4.78, 5) is 6.86. The van der Waals surface area contributed by atoms with Crippen molar-refractivity contribution in [2.24, 2.45) is 7.05 Å². The summed E-state index contributed by atoms with van der Waals surface area (Å²) in [5.41, 5.74) is 1.28. The van der Waals surface area contributed by atoms with Crippen molar-refractivity contribution in [1.29, 1.82) is 0 Å². The number of aryl methyl sites for hydroxylation is 2. The van der Waals surface area contributed by atoms with E-state index in [-0.39, 0.29) is 0 Å².